The lowest BCUT2D eigenvalue weighted by atomic mass is 10.1. The van der Waals surface area contributed by atoms with Gasteiger partial charge in [0.1, 0.15) is 0 Å². The molecule has 0 amide bonds. The Morgan fingerprint density at radius 2 is 1.80 bits per heavy atom. The van der Waals surface area contributed by atoms with Crippen LogP contribution in [0.2, 0.25) is 0 Å². The van der Waals surface area contributed by atoms with Gasteiger partial charge in [0.2, 0.25) is 0 Å². The molecule has 0 saturated heterocycles. The standard InChI is InChI=1S/C17H14N2O/c18-10-13-4-1-2-5-14(13)11-19-9-8-16-15(12-20)6-3-7-17(16)19/h1-9,20H,11-12H2. The van der Waals surface area contributed by atoms with Crippen molar-refractivity contribution in [2.75, 3.05) is 0 Å². The minimum atomic E-state index is 0.0378. The Morgan fingerprint density at radius 1 is 1.00 bits per heavy atom. The van der Waals surface area contributed by atoms with Crippen LogP contribution in [-0.4, -0.2) is 9.67 Å². The number of aromatic nitrogens is 1. The monoisotopic (exact) mass is 262 g/mol. The Kier molecular flexibility index (Phi) is 3.24. The van der Waals surface area contributed by atoms with Crippen molar-refractivity contribution in [3.05, 3.63) is 71.4 Å². The Hall–Kier alpha value is -2.57. The molecule has 3 aromatic rings. The second-order valence-electron chi connectivity index (χ2n) is 4.72. The summed E-state index contributed by atoms with van der Waals surface area (Å²) >= 11 is 0. The molecule has 3 rings (SSSR count). The molecular formula is C17H14N2O. The molecule has 0 unspecified atom stereocenters. The van der Waals surface area contributed by atoms with Crippen LogP contribution in [-0.2, 0) is 13.2 Å². The SMILES string of the molecule is N#Cc1ccccc1Cn1ccc2c(CO)cccc21. The first-order chi connectivity index (χ1) is 9.83. The van der Waals surface area contributed by atoms with Crippen LogP contribution in [0.25, 0.3) is 10.9 Å². The van der Waals surface area contributed by atoms with E-state index in [-0.39, 0.29) is 6.61 Å². The minimum Gasteiger partial charge on any atom is -0.392 e. The van der Waals surface area contributed by atoms with Crippen LogP contribution in [0.3, 0.4) is 0 Å². The maximum atomic E-state index is 9.36. The zero-order valence-corrected chi connectivity index (χ0v) is 11.0. The number of aliphatic hydroxyl groups excluding tert-OH is 1. The van der Waals surface area contributed by atoms with E-state index < -0.39 is 0 Å². The summed E-state index contributed by atoms with van der Waals surface area (Å²) in [6, 6.07) is 17.8. The van der Waals surface area contributed by atoms with Gasteiger partial charge >= 0.3 is 0 Å². The summed E-state index contributed by atoms with van der Waals surface area (Å²) in [5, 5.41) is 19.6. The van der Waals surface area contributed by atoms with Crippen molar-refractivity contribution in [1.29, 1.82) is 5.26 Å². The van der Waals surface area contributed by atoms with E-state index in [9.17, 15) is 5.11 Å². The van der Waals surface area contributed by atoms with Crippen molar-refractivity contribution in [3.8, 4) is 6.07 Å². The second-order valence-corrected chi connectivity index (χ2v) is 4.72. The quantitative estimate of drug-likeness (QED) is 0.788. The zero-order valence-electron chi connectivity index (χ0n) is 11.0. The Labute approximate surface area is 117 Å². The first kappa shape index (κ1) is 12.5. The Bertz CT molecular complexity index is 796. The largest absolute Gasteiger partial charge is 0.392 e. The third kappa shape index (κ3) is 2.07. The summed E-state index contributed by atoms with van der Waals surface area (Å²) < 4.78 is 2.10. The fourth-order valence-electron chi connectivity index (χ4n) is 2.51. The average Bonchev–Trinajstić information content (AvgIpc) is 2.91. The van der Waals surface area contributed by atoms with Crippen molar-refractivity contribution in [3.63, 3.8) is 0 Å². The van der Waals surface area contributed by atoms with E-state index >= 15 is 0 Å². The van der Waals surface area contributed by atoms with E-state index in [2.05, 4.69) is 10.6 Å². The van der Waals surface area contributed by atoms with Crippen LogP contribution in [0.5, 0.6) is 0 Å². The third-order valence-corrected chi connectivity index (χ3v) is 3.55. The molecule has 0 spiro atoms. The van der Waals surface area contributed by atoms with Crippen molar-refractivity contribution in [2.24, 2.45) is 0 Å². The van der Waals surface area contributed by atoms with Crippen molar-refractivity contribution in [1.82, 2.24) is 4.57 Å². The maximum absolute atomic E-state index is 9.36. The summed E-state index contributed by atoms with van der Waals surface area (Å²) in [5.74, 6) is 0. The molecule has 2 aromatic carbocycles. The summed E-state index contributed by atoms with van der Waals surface area (Å²) in [5.41, 5.74) is 3.70. The summed E-state index contributed by atoms with van der Waals surface area (Å²) in [6.07, 6.45) is 2.00. The van der Waals surface area contributed by atoms with Gasteiger partial charge in [-0.25, -0.2) is 0 Å². The summed E-state index contributed by atoms with van der Waals surface area (Å²) in [6.45, 7) is 0.693. The van der Waals surface area contributed by atoms with Crippen molar-refractivity contribution >= 4 is 10.9 Å². The number of hydrogen-bond donors (Lipinski definition) is 1. The topological polar surface area (TPSA) is 49.0 Å². The number of hydrogen-bond acceptors (Lipinski definition) is 2. The Balaban J connectivity index is 2.06. The first-order valence-electron chi connectivity index (χ1n) is 6.49. The van der Waals surface area contributed by atoms with Gasteiger partial charge in [0.05, 0.1) is 18.2 Å². The molecule has 98 valence electrons. The van der Waals surface area contributed by atoms with Gasteiger partial charge in [0.15, 0.2) is 0 Å². The summed E-state index contributed by atoms with van der Waals surface area (Å²) in [4.78, 5) is 0. The molecule has 0 saturated carbocycles. The van der Waals surface area contributed by atoms with Crippen LogP contribution in [0.1, 0.15) is 16.7 Å². The lowest BCUT2D eigenvalue weighted by Gasteiger charge is -2.08. The van der Waals surface area contributed by atoms with Crippen LogP contribution >= 0.6 is 0 Å². The molecule has 0 aliphatic carbocycles. The number of fused-ring (bicyclic) bond motifs is 1. The van der Waals surface area contributed by atoms with Gasteiger partial charge in [-0.3, -0.25) is 0 Å². The molecule has 0 aliphatic rings. The van der Waals surface area contributed by atoms with Gasteiger partial charge < -0.3 is 9.67 Å². The van der Waals surface area contributed by atoms with E-state index in [0.717, 1.165) is 22.0 Å². The molecule has 0 fully saturated rings. The second kappa shape index (κ2) is 5.20. The van der Waals surface area contributed by atoms with E-state index in [1.807, 2.05) is 54.7 Å². The molecule has 20 heavy (non-hydrogen) atoms. The minimum absolute atomic E-state index is 0.0378. The number of rotatable bonds is 3. The number of nitrogens with zero attached hydrogens (tertiary/aromatic N) is 2. The van der Waals surface area contributed by atoms with Gasteiger partial charge in [0, 0.05) is 23.6 Å². The lowest BCUT2D eigenvalue weighted by molar-refractivity contribution is 0.283. The van der Waals surface area contributed by atoms with Gasteiger partial charge in [0.25, 0.3) is 0 Å². The van der Waals surface area contributed by atoms with Crippen LogP contribution < -0.4 is 0 Å². The smallest absolute Gasteiger partial charge is 0.0995 e. The van der Waals surface area contributed by atoms with Crippen LogP contribution in [0.15, 0.2) is 54.7 Å². The number of aliphatic hydroxyl groups is 1. The Morgan fingerprint density at radius 3 is 2.60 bits per heavy atom. The van der Waals surface area contributed by atoms with E-state index in [4.69, 9.17) is 5.26 Å². The van der Waals surface area contributed by atoms with Crippen LogP contribution in [0, 0.1) is 11.3 Å². The molecule has 0 radical (unpaired) electrons. The molecule has 0 atom stereocenters. The highest BCUT2D eigenvalue weighted by Crippen LogP contribution is 2.22. The molecule has 0 bridgehead atoms. The highest BCUT2D eigenvalue weighted by molar-refractivity contribution is 5.83. The van der Waals surface area contributed by atoms with Crippen molar-refractivity contribution < 1.29 is 5.11 Å². The van der Waals surface area contributed by atoms with Crippen molar-refractivity contribution in [2.45, 2.75) is 13.2 Å². The van der Waals surface area contributed by atoms with Crippen LogP contribution in [0.4, 0.5) is 0 Å². The molecule has 1 N–H and O–H groups in total. The average molecular weight is 262 g/mol. The fraction of sp³-hybridized carbons (Fsp3) is 0.118. The molecular weight excluding hydrogens is 248 g/mol. The number of nitriles is 1. The van der Waals surface area contributed by atoms with E-state index in [1.54, 1.807) is 0 Å². The van der Waals surface area contributed by atoms with E-state index in [0.29, 0.717) is 12.1 Å². The highest BCUT2D eigenvalue weighted by atomic mass is 16.3. The molecule has 1 aromatic heterocycles. The molecule has 1 heterocycles. The normalized spacial score (nSPS) is 10.6. The summed E-state index contributed by atoms with van der Waals surface area (Å²) in [7, 11) is 0. The van der Waals surface area contributed by atoms with Gasteiger partial charge in [-0.15, -0.1) is 0 Å². The maximum Gasteiger partial charge on any atom is 0.0995 e. The predicted molar refractivity (Wildman–Crippen MR) is 78.1 cm³/mol. The van der Waals surface area contributed by atoms with Gasteiger partial charge in [-0.1, -0.05) is 30.3 Å². The lowest BCUT2D eigenvalue weighted by Crippen LogP contribution is -2.00. The molecule has 3 heteroatoms. The molecule has 0 aliphatic heterocycles. The zero-order chi connectivity index (χ0) is 13.9. The highest BCUT2D eigenvalue weighted by Gasteiger charge is 2.07. The predicted octanol–water partition coefficient (Wildman–Crippen LogP) is 3.05. The third-order valence-electron chi connectivity index (χ3n) is 3.55. The van der Waals surface area contributed by atoms with Gasteiger partial charge in [-0.05, 0) is 29.3 Å². The molecule has 3 nitrogen and oxygen atoms in total. The van der Waals surface area contributed by atoms with Gasteiger partial charge in [-0.2, -0.15) is 5.26 Å². The number of benzene rings is 2. The first-order valence-corrected chi connectivity index (χ1v) is 6.49. The fourth-order valence-corrected chi connectivity index (χ4v) is 2.51. The van der Waals surface area contributed by atoms with E-state index in [1.165, 1.54) is 0 Å².